The van der Waals surface area contributed by atoms with Crippen molar-refractivity contribution in [2.24, 2.45) is 0 Å². The Hall–Kier alpha value is -3.17. The van der Waals surface area contributed by atoms with Crippen LogP contribution in [0, 0.1) is 0 Å². The fourth-order valence-electron chi connectivity index (χ4n) is 3.92. The molecule has 0 unspecified atom stereocenters. The minimum absolute atomic E-state index is 0.0379. The number of anilines is 2. The first-order valence-corrected chi connectivity index (χ1v) is 11.3. The van der Waals surface area contributed by atoms with Crippen molar-refractivity contribution in [3.63, 3.8) is 0 Å². The molecule has 1 fully saturated rings. The molecule has 1 aliphatic rings. The number of aromatic nitrogens is 3. The van der Waals surface area contributed by atoms with Gasteiger partial charge in [0.15, 0.2) is 5.65 Å². The molecule has 0 bridgehead atoms. The molecular weight excluding hydrogens is 444 g/mol. The van der Waals surface area contributed by atoms with E-state index in [0.717, 1.165) is 17.9 Å². The van der Waals surface area contributed by atoms with Crippen LogP contribution in [0.15, 0.2) is 36.5 Å². The molecule has 1 aliphatic heterocycles. The average Bonchev–Trinajstić information content (AvgIpc) is 3.41. The molecule has 2 amide bonds. The molecular formula is C23H27ClN6O3. The third kappa shape index (κ3) is 5.09. The van der Waals surface area contributed by atoms with Gasteiger partial charge in [0.05, 0.1) is 11.9 Å². The van der Waals surface area contributed by atoms with Crippen LogP contribution >= 0.6 is 11.6 Å². The minimum atomic E-state index is -0.319. The van der Waals surface area contributed by atoms with Gasteiger partial charge in [0.25, 0.3) is 5.91 Å². The monoisotopic (exact) mass is 470 g/mol. The van der Waals surface area contributed by atoms with E-state index in [2.05, 4.69) is 15.7 Å². The van der Waals surface area contributed by atoms with Crippen LogP contribution in [0.3, 0.4) is 0 Å². The van der Waals surface area contributed by atoms with Crippen molar-refractivity contribution in [3.8, 4) is 0 Å². The maximum absolute atomic E-state index is 13.0. The van der Waals surface area contributed by atoms with E-state index in [4.69, 9.17) is 21.3 Å². The van der Waals surface area contributed by atoms with E-state index in [1.165, 1.54) is 6.20 Å². The minimum Gasteiger partial charge on any atom is -0.385 e. The van der Waals surface area contributed by atoms with Gasteiger partial charge < -0.3 is 20.3 Å². The van der Waals surface area contributed by atoms with E-state index in [9.17, 15) is 9.59 Å². The molecule has 3 heterocycles. The third-order valence-electron chi connectivity index (χ3n) is 5.68. The highest BCUT2D eigenvalue weighted by Crippen LogP contribution is 2.29. The maximum atomic E-state index is 13.0. The van der Waals surface area contributed by atoms with Gasteiger partial charge in [-0.15, -0.1) is 0 Å². The highest BCUT2D eigenvalue weighted by molar-refractivity contribution is 6.30. The number of rotatable bonds is 9. The number of nitrogens with zero attached hydrogens (tertiary/aromatic N) is 4. The number of carbonyl (C=O) groups excluding carboxylic acids is 2. The van der Waals surface area contributed by atoms with Gasteiger partial charge in [-0.2, -0.15) is 9.61 Å². The Balaban J connectivity index is 1.67. The van der Waals surface area contributed by atoms with Crippen molar-refractivity contribution in [2.75, 3.05) is 44.0 Å². The summed E-state index contributed by atoms with van der Waals surface area (Å²) in [6.07, 6.45) is 2.72. The molecule has 0 aliphatic carbocycles. The summed E-state index contributed by atoms with van der Waals surface area (Å²) in [4.78, 5) is 31.9. The predicted octanol–water partition coefficient (Wildman–Crippen LogP) is 3.42. The van der Waals surface area contributed by atoms with Crippen LogP contribution in [0.25, 0.3) is 5.65 Å². The average molecular weight is 471 g/mol. The number of hydrogen-bond donors (Lipinski definition) is 2. The Morgan fingerprint density at radius 2 is 2.09 bits per heavy atom. The van der Waals surface area contributed by atoms with E-state index in [0.29, 0.717) is 54.6 Å². The molecule has 2 aromatic heterocycles. The van der Waals surface area contributed by atoms with Gasteiger partial charge >= 0.3 is 0 Å². The summed E-state index contributed by atoms with van der Waals surface area (Å²) in [6, 6.07) is 8.81. The first-order chi connectivity index (χ1) is 16.0. The topological polar surface area (TPSA) is 101 Å². The molecule has 1 saturated heterocycles. The lowest BCUT2D eigenvalue weighted by Gasteiger charge is -2.15. The van der Waals surface area contributed by atoms with Gasteiger partial charge in [-0.25, -0.2) is 4.98 Å². The van der Waals surface area contributed by atoms with Crippen molar-refractivity contribution in [1.82, 2.24) is 19.5 Å². The first-order valence-electron chi connectivity index (χ1n) is 11.0. The van der Waals surface area contributed by atoms with Gasteiger partial charge in [-0.05, 0) is 37.6 Å². The molecule has 4 rings (SSSR count). The van der Waals surface area contributed by atoms with E-state index >= 15 is 0 Å². The quantitative estimate of drug-likeness (QED) is 0.465. The van der Waals surface area contributed by atoms with Crippen LogP contribution in [0.2, 0.25) is 5.02 Å². The molecule has 10 heteroatoms. The van der Waals surface area contributed by atoms with E-state index in [1.807, 2.05) is 17.9 Å². The highest BCUT2D eigenvalue weighted by atomic mass is 35.5. The Morgan fingerprint density at radius 1 is 1.30 bits per heavy atom. The highest BCUT2D eigenvalue weighted by Gasteiger charge is 2.31. The molecule has 3 aromatic rings. The Bertz CT molecular complexity index is 1150. The van der Waals surface area contributed by atoms with E-state index < -0.39 is 0 Å². The van der Waals surface area contributed by atoms with Gasteiger partial charge in [0.1, 0.15) is 11.4 Å². The molecule has 0 saturated carbocycles. The molecule has 1 aromatic carbocycles. The summed E-state index contributed by atoms with van der Waals surface area (Å²) in [5.74, 6) is 0.482. The second-order valence-electron chi connectivity index (χ2n) is 7.93. The number of nitrogens with one attached hydrogen (secondary N) is 2. The van der Waals surface area contributed by atoms with E-state index in [-0.39, 0.29) is 17.7 Å². The number of halogens is 1. The Morgan fingerprint density at radius 3 is 2.79 bits per heavy atom. The lowest BCUT2D eigenvalue weighted by molar-refractivity contribution is -0.127. The summed E-state index contributed by atoms with van der Waals surface area (Å²) in [7, 11) is 1.67. The zero-order valence-electron chi connectivity index (χ0n) is 18.7. The van der Waals surface area contributed by atoms with Gasteiger partial charge in [-0.1, -0.05) is 11.6 Å². The van der Waals surface area contributed by atoms with Crippen molar-refractivity contribution >= 4 is 40.6 Å². The van der Waals surface area contributed by atoms with Gasteiger partial charge in [-0.3, -0.25) is 9.59 Å². The van der Waals surface area contributed by atoms with Crippen LogP contribution in [0.5, 0.6) is 0 Å². The fourth-order valence-corrected chi connectivity index (χ4v) is 4.04. The van der Waals surface area contributed by atoms with Crippen molar-refractivity contribution in [3.05, 3.63) is 52.8 Å². The summed E-state index contributed by atoms with van der Waals surface area (Å²) in [5, 5.41) is 11.2. The van der Waals surface area contributed by atoms with Crippen LogP contribution < -0.4 is 10.6 Å². The number of carbonyl (C=O) groups is 2. The fraction of sp³-hybridized carbons (Fsp3) is 0.391. The Labute approximate surface area is 197 Å². The summed E-state index contributed by atoms with van der Waals surface area (Å²) in [5.41, 5.74) is 2.18. The largest absolute Gasteiger partial charge is 0.385 e. The molecule has 2 N–H and O–H groups in total. The number of amides is 2. The first kappa shape index (κ1) is 23.0. The predicted molar refractivity (Wildman–Crippen MR) is 127 cm³/mol. The number of hydrogen-bond acceptors (Lipinski definition) is 6. The molecule has 0 radical (unpaired) electrons. The van der Waals surface area contributed by atoms with Crippen LogP contribution in [0.4, 0.5) is 11.5 Å². The SMILES string of the molecule is CCN1C[C@@H](c2cc(NCCCOC)n3ncc(C(=O)Nc4ccc(Cl)cc4)c3n2)CC1=O. The number of fused-ring (bicyclic) bond motifs is 1. The molecule has 9 nitrogen and oxygen atoms in total. The second kappa shape index (κ2) is 10.2. The number of likely N-dealkylation sites (tertiary alicyclic amines) is 1. The number of methoxy groups -OCH3 is 1. The maximum Gasteiger partial charge on any atom is 0.261 e. The van der Waals surface area contributed by atoms with E-state index in [1.54, 1.807) is 35.9 Å². The van der Waals surface area contributed by atoms with Crippen LogP contribution in [-0.2, 0) is 9.53 Å². The summed E-state index contributed by atoms with van der Waals surface area (Å²) < 4.78 is 6.76. The van der Waals surface area contributed by atoms with Crippen LogP contribution in [-0.4, -0.2) is 64.7 Å². The lowest BCUT2D eigenvalue weighted by atomic mass is 10.0. The lowest BCUT2D eigenvalue weighted by Crippen LogP contribution is -2.24. The zero-order chi connectivity index (χ0) is 23.4. The van der Waals surface area contributed by atoms with Crippen LogP contribution in [0.1, 0.15) is 41.7 Å². The van der Waals surface area contributed by atoms with Gasteiger partial charge in [0, 0.05) is 62.5 Å². The normalized spacial score (nSPS) is 15.9. The zero-order valence-corrected chi connectivity index (χ0v) is 19.4. The molecule has 1 atom stereocenters. The van der Waals surface area contributed by atoms with Crippen molar-refractivity contribution in [1.29, 1.82) is 0 Å². The molecule has 0 spiro atoms. The summed E-state index contributed by atoms with van der Waals surface area (Å²) >= 11 is 5.94. The third-order valence-corrected chi connectivity index (χ3v) is 5.94. The molecule has 174 valence electrons. The van der Waals surface area contributed by atoms with Crippen molar-refractivity contribution in [2.45, 2.75) is 25.7 Å². The van der Waals surface area contributed by atoms with Gasteiger partial charge in [0.2, 0.25) is 5.91 Å². The number of ether oxygens (including phenoxy) is 1. The molecule has 33 heavy (non-hydrogen) atoms. The van der Waals surface area contributed by atoms with Crippen molar-refractivity contribution < 1.29 is 14.3 Å². The Kier molecular flexibility index (Phi) is 7.10. The smallest absolute Gasteiger partial charge is 0.261 e. The summed E-state index contributed by atoms with van der Waals surface area (Å²) in [6.45, 7) is 4.55. The standard InChI is InChI=1S/C23H27ClN6O3/c1-3-29-14-15(11-21(29)31)19-12-20(25-9-4-10-33-2)30-22(28-19)18(13-26-30)23(32)27-17-7-5-16(24)6-8-17/h5-8,12-13,15,25H,3-4,9-11,14H2,1-2H3,(H,27,32)/t15-/m0/s1. The number of likely N-dealkylation sites (N-methyl/N-ethyl adjacent to an activating group) is 1. The second-order valence-corrected chi connectivity index (χ2v) is 8.36. The number of benzene rings is 1.